The first-order chi connectivity index (χ1) is 13.8. The summed E-state index contributed by atoms with van der Waals surface area (Å²) in [6, 6.07) is 25.7. The summed E-state index contributed by atoms with van der Waals surface area (Å²) in [5, 5.41) is 14.3. The first-order valence-electron chi connectivity index (χ1n) is 9.05. The number of tetrazole rings is 1. The van der Waals surface area contributed by atoms with Crippen LogP contribution in [0.2, 0.25) is 0 Å². The molecule has 0 unspecified atom stereocenters. The van der Waals surface area contributed by atoms with Gasteiger partial charge in [-0.1, -0.05) is 60.7 Å². The summed E-state index contributed by atoms with van der Waals surface area (Å²) >= 11 is 0. The topological polar surface area (TPSA) is 72.7 Å². The van der Waals surface area contributed by atoms with Gasteiger partial charge in [0.05, 0.1) is 5.69 Å². The Hall–Kier alpha value is -3.80. The van der Waals surface area contributed by atoms with E-state index < -0.39 is 0 Å². The molecule has 6 nitrogen and oxygen atoms in total. The highest BCUT2D eigenvalue weighted by Gasteiger charge is 2.11. The van der Waals surface area contributed by atoms with E-state index in [1.807, 2.05) is 60.7 Å². The van der Waals surface area contributed by atoms with E-state index in [1.165, 1.54) is 11.9 Å². The molecule has 6 heteroatoms. The number of hydrogen-bond acceptors (Lipinski definition) is 4. The number of benzene rings is 3. The summed E-state index contributed by atoms with van der Waals surface area (Å²) in [5.74, 6) is -0.122. The van der Waals surface area contributed by atoms with Crippen molar-refractivity contribution < 1.29 is 4.79 Å². The average molecular weight is 369 g/mol. The monoisotopic (exact) mass is 369 g/mol. The van der Waals surface area contributed by atoms with E-state index in [9.17, 15) is 4.79 Å². The minimum Gasteiger partial charge on any atom is -0.352 e. The van der Waals surface area contributed by atoms with Crippen LogP contribution in [-0.2, 0) is 6.42 Å². The third kappa shape index (κ3) is 4.12. The summed E-state index contributed by atoms with van der Waals surface area (Å²) < 4.78 is 1.55. The highest BCUT2D eigenvalue weighted by Crippen LogP contribution is 2.24. The fourth-order valence-corrected chi connectivity index (χ4v) is 3.02. The lowest BCUT2D eigenvalue weighted by Gasteiger charge is -2.10. The van der Waals surface area contributed by atoms with Gasteiger partial charge in [-0.25, -0.2) is 4.68 Å². The molecule has 1 N–H and O–H groups in total. The zero-order chi connectivity index (χ0) is 19.2. The Balaban J connectivity index is 1.58. The van der Waals surface area contributed by atoms with Gasteiger partial charge in [-0.3, -0.25) is 4.79 Å². The van der Waals surface area contributed by atoms with Gasteiger partial charge < -0.3 is 5.32 Å². The average Bonchev–Trinajstić information content (AvgIpc) is 3.30. The lowest BCUT2D eigenvalue weighted by Crippen LogP contribution is -2.25. The van der Waals surface area contributed by atoms with Gasteiger partial charge in [-0.15, -0.1) is 5.10 Å². The number of nitrogens with zero attached hydrogens (tertiary/aromatic N) is 4. The highest BCUT2D eigenvalue weighted by molar-refractivity contribution is 5.96. The molecule has 138 valence electrons. The SMILES string of the molecule is O=C(NCCc1ccccc1)c1cc(-c2ccccc2)cc(-n2cnnn2)c1. The summed E-state index contributed by atoms with van der Waals surface area (Å²) in [4.78, 5) is 12.8. The molecule has 0 atom stereocenters. The molecule has 0 bridgehead atoms. The quantitative estimate of drug-likeness (QED) is 0.566. The van der Waals surface area contributed by atoms with Crippen molar-refractivity contribution in [2.45, 2.75) is 6.42 Å². The van der Waals surface area contributed by atoms with E-state index in [4.69, 9.17) is 0 Å². The maximum absolute atomic E-state index is 12.8. The molecule has 0 spiro atoms. The van der Waals surface area contributed by atoms with Gasteiger partial charge >= 0.3 is 0 Å². The van der Waals surface area contributed by atoms with Crippen LogP contribution in [0.1, 0.15) is 15.9 Å². The molecule has 1 amide bonds. The van der Waals surface area contributed by atoms with E-state index in [0.29, 0.717) is 12.1 Å². The van der Waals surface area contributed by atoms with Gasteiger partial charge in [0.1, 0.15) is 6.33 Å². The van der Waals surface area contributed by atoms with Crippen LogP contribution in [0.25, 0.3) is 16.8 Å². The van der Waals surface area contributed by atoms with Crippen LogP contribution < -0.4 is 5.32 Å². The molecule has 0 aliphatic carbocycles. The number of carbonyl (C=O) groups excluding carboxylic acids is 1. The van der Waals surface area contributed by atoms with Crippen molar-refractivity contribution in [3.8, 4) is 16.8 Å². The molecule has 0 aliphatic rings. The predicted octanol–water partition coefficient (Wildman–Crippen LogP) is 3.30. The van der Waals surface area contributed by atoms with Crippen LogP contribution in [0, 0.1) is 0 Å². The first kappa shape index (κ1) is 17.6. The summed E-state index contributed by atoms with van der Waals surface area (Å²) in [6.45, 7) is 0.568. The van der Waals surface area contributed by atoms with Gasteiger partial charge in [0, 0.05) is 12.1 Å². The lowest BCUT2D eigenvalue weighted by atomic mass is 10.0. The van der Waals surface area contributed by atoms with E-state index in [1.54, 1.807) is 10.7 Å². The molecule has 1 aromatic heterocycles. The number of amides is 1. The van der Waals surface area contributed by atoms with Crippen LogP contribution in [0.15, 0.2) is 85.2 Å². The fraction of sp³-hybridized carbons (Fsp3) is 0.0909. The Morgan fingerprint density at radius 3 is 2.36 bits per heavy atom. The number of carbonyl (C=O) groups is 1. The predicted molar refractivity (Wildman–Crippen MR) is 107 cm³/mol. The number of nitrogens with one attached hydrogen (secondary N) is 1. The van der Waals surface area contributed by atoms with Crippen molar-refractivity contribution in [2.75, 3.05) is 6.54 Å². The van der Waals surface area contributed by atoms with E-state index in [-0.39, 0.29) is 5.91 Å². The van der Waals surface area contributed by atoms with Gasteiger partial charge in [-0.2, -0.15) is 0 Å². The minimum absolute atomic E-state index is 0.122. The molecule has 0 radical (unpaired) electrons. The molecule has 4 rings (SSSR count). The van der Waals surface area contributed by atoms with E-state index >= 15 is 0 Å². The maximum Gasteiger partial charge on any atom is 0.251 e. The maximum atomic E-state index is 12.8. The van der Waals surface area contributed by atoms with Gasteiger partial charge in [0.2, 0.25) is 0 Å². The van der Waals surface area contributed by atoms with Gasteiger partial charge in [0.25, 0.3) is 5.91 Å². The molecule has 1 heterocycles. The van der Waals surface area contributed by atoms with Gasteiger partial charge in [-0.05, 0) is 51.7 Å². The first-order valence-corrected chi connectivity index (χ1v) is 9.05. The van der Waals surface area contributed by atoms with Crippen molar-refractivity contribution >= 4 is 5.91 Å². The van der Waals surface area contributed by atoms with E-state index in [0.717, 1.165) is 23.2 Å². The Morgan fingerprint density at radius 1 is 0.893 bits per heavy atom. The summed E-state index contributed by atoms with van der Waals surface area (Å²) in [7, 11) is 0. The summed E-state index contributed by atoms with van der Waals surface area (Å²) in [5.41, 5.74) is 4.45. The highest BCUT2D eigenvalue weighted by atomic mass is 16.1. The zero-order valence-corrected chi connectivity index (χ0v) is 15.2. The number of hydrogen-bond donors (Lipinski definition) is 1. The van der Waals surface area contributed by atoms with Crippen LogP contribution in [0.5, 0.6) is 0 Å². The molecule has 3 aromatic carbocycles. The second kappa shape index (κ2) is 8.26. The Bertz CT molecular complexity index is 1050. The molecule has 0 saturated carbocycles. The molecule has 28 heavy (non-hydrogen) atoms. The Morgan fingerprint density at radius 2 is 1.64 bits per heavy atom. The van der Waals surface area contributed by atoms with E-state index in [2.05, 4.69) is 33.0 Å². The van der Waals surface area contributed by atoms with Crippen molar-refractivity contribution in [1.82, 2.24) is 25.5 Å². The van der Waals surface area contributed by atoms with Crippen molar-refractivity contribution in [3.63, 3.8) is 0 Å². The van der Waals surface area contributed by atoms with Crippen molar-refractivity contribution in [1.29, 1.82) is 0 Å². The molecular formula is C22H19N5O. The van der Waals surface area contributed by atoms with Crippen LogP contribution in [-0.4, -0.2) is 32.7 Å². The lowest BCUT2D eigenvalue weighted by molar-refractivity contribution is 0.0954. The molecule has 0 fully saturated rings. The number of rotatable bonds is 6. The fourth-order valence-electron chi connectivity index (χ4n) is 3.02. The molecule has 4 aromatic rings. The normalized spacial score (nSPS) is 10.6. The summed E-state index contributed by atoms with van der Waals surface area (Å²) in [6.07, 6.45) is 2.30. The van der Waals surface area contributed by atoms with Crippen molar-refractivity contribution in [3.05, 3.63) is 96.3 Å². The second-order valence-electron chi connectivity index (χ2n) is 6.38. The Kier molecular flexibility index (Phi) is 5.20. The molecule has 0 aliphatic heterocycles. The second-order valence-corrected chi connectivity index (χ2v) is 6.38. The third-order valence-electron chi connectivity index (χ3n) is 4.44. The largest absolute Gasteiger partial charge is 0.352 e. The van der Waals surface area contributed by atoms with Crippen molar-refractivity contribution in [2.24, 2.45) is 0 Å². The zero-order valence-electron chi connectivity index (χ0n) is 15.2. The van der Waals surface area contributed by atoms with Crippen LogP contribution in [0.4, 0.5) is 0 Å². The number of aromatic nitrogens is 4. The minimum atomic E-state index is -0.122. The Labute approximate surface area is 162 Å². The molecule has 0 saturated heterocycles. The third-order valence-corrected chi connectivity index (χ3v) is 4.44. The molecular weight excluding hydrogens is 350 g/mol. The smallest absolute Gasteiger partial charge is 0.251 e. The van der Waals surface area contributed by atoms with Crippen LogP contribution in [0.3, 0.4) is 0 Å². The standard InChI is InChI=1S/C22H19N5O/c28-22(23-12-11-17-7-3-1-4-8-17)20-13-19(18-9-5-2-6-10-18)14-21(15-20)27-16-24-25-26-27/h1-10,13-16H,11-12H2,(H,23,28). The van der Waals surface area contributed by atoms with Gasteiger partial charge in [0.15, 0.2) is 0 Å². The van der Waals surface area contributed by atoms with Crippen LogP contribution >= 0.6 is 0 Å².